The van der Waals surface area contributed by atoms with Gasteiger partial charge in [-0.3, -0.25) is 19.2 Å². The summed E-state index contributed by atoms with van der Waals surface area (Å²) in [5.41, 5.74) is 0.827. The largest absolute Gasteiger partial charge is 0.393 e. The fraction of sp³-hybridized carbons (Fsp3) is 0.615. The SMILES string of the molecule is CC[C@H](C)[C@@H]1NC(=O)[C@H](Cc2ccccc2)NC(=O)[C@H]([C@@H](C)C(C)O)NC(=O)[C@H](C(C)C)NC1=O. The Balaban J connectivity index is 2.51. The highest BCUT2D eigenvalue weighted by molar-refractivity contribution is 5.97. The van der Waals surface area contributed by atoms with E-state index in [1.165, 1.54) is 6.92 Å². The van der Waals surface area contributed by atoms with Crippen molar-refractivity contribution in [1.29, 1.82) is 0 Å². The molecule has 7 atom stereocenters. The Kier molecular flexibility index (Phi) is 10.2. The highest BCUT2D eigenvalue weighted by atomic mass is 16.3. The van der Waals surface area contributed by atoms with E-state index in [1.807, 2.05) is 44.2 Å². The Morgan fingerprint density at radius 3 is 1.80 bits per heavy atom. The van der Waals surface area contributed by atoms with Crippen molar-refractivity contribution in [3.63, 3.8) is 0 Å². The van der Waals surface area contributed by atoms with E-state index < -0.39 is 59.8 Å². The molecule has 35 heavy (non-hydrogen) atoms. The molecule has 1 unspecified atom stereocenters. The zero-order chi connectivity index (χ0) is 26.3. The zero-order valence-electron chi connectivity index (χ0n) is 21.5. The number of amides is 4. The highest BCUT2D eigenvalue weighted by Crippen LogP contribution is 2.15. The first kappa shape index (κ1) is 28.3. The number of benzene rings is 1. The van der Waals surface area contributed by atoms with Crippen molar-refractivity contribution in [2.45, 2.75) is 84.7 Å². The quantitative estimate of drug-likeness (QED) is 0.388. The van der Waals surface area contributed by atoms with Crippen molar-refractivity contribution in [2.24, 2.45) is 17.8 Å². The van der Waals surface area contributed by atoms with Gasteiger partial charge in [-0.1, -0.05) is 71.4 Å². The van der Waals surface area contributed by atoms with Crippen LogP contribution in [-0.2, 0) is 25.6 Å². The average molecular weight is 489 g/mol. The lowest BCUT2D eigenvalue weighted by atomic mass is 9.92. The molecule has 1 fully saturated rings. The summed E-state index contributed by atoms with van der Waals surface area (Å²) < 4.78 is 0. The van der Waals surface area contributed by atoms with Gasteiger partial charge in [0.15, 0.2) is 0 Å². The molecule has 1 saturated heterocycles. The topological polar surface area (TPSA) is 137 Å². The second-order valence-electron chi connectivity index (χ2n) is 9.94. The van der Waals surface area contributed by atoms with Crippen molar-refractivity contribution in [1.82, 2.24) is 21.3 Å². The van der Waals surface area contributed by atoms with Gasteiger partial charge in [0.1, 0.15) is 24.2 Å². The molecule has 0 bridgehead atoms. The predicted octanol–water partition coefficient (Wildman–Crippen LogP) is 0.901. The van der Waals surface area contributed by atoms with Crippen LogP contribution in [0.3, 0.4) is 0 Å². The van der Waals surface area contributed by atoms with Gasteiger partial charge in [-0.25, -0.2) is 0 Å². The molecule has 9 heteroatoms. The van der Waals surface area contributed by atoms with E-state index in [-0.39, 0.29) is 18.3 Å². The van der Waals surface area contributed by atoms with Crippen LogP contribution in [0.1, 0.15) is 53.5 Å². The standard InChI is InChI=1S/C26H40N4O5/c1-7-15(4)21-25(34)28-20(14(2)3)24(33)30-22(16(5)17(6)31)26(35)27-19(23(32)29-21)13-18-11-9-8-10-12-18/h8-12,14-17,19-22,31H,7,13H2,1-6H3,(H,27,35)(H,28,34)(H,29,32)(H,30,33)/t15-,16-,17?,19-,20-,21-,22-/m0/s1. The van der Waals surface area contributed by atoms with Crippen LogP contribution in [0.25, 0.3) is 0 Å². The summed E-state index contributed by atoms with van der Waals surface area (Å²) in [6.45, 7) is 10.5. The maximum absolute atomic E-state index is 13.4. The second kappa shape index (κ2) is 12.7. The molecule has 0 spiro atoms. The Morgan fingerprint density at radius 2 is 1.26 bits per heavy atom. The van der Waals surface area contributed by atoms with Crippen LogP contribution in [-0.4, -0.2) is 59.0 Å². The lowest BCUT2D eigenvalue weighted by molar-refractivity contribution is -0.139. The summed E-state index contributed by atoms with van der Waals surface area (Å²) >= 11 is 0. The Hall–Kier alpha value is -2.94. The molecule has 194 valence electrons. The van der Waals surface area contributed by atoms with Gasteiger partial charge < -0.3 is 26.4 Å². The number of aliphatic hydroxyl groups excluding tert-OH is 1. The molecule has 0 radical (unpaired) electrons. The van der Waals surface area contributed by atoms with Gasteiger partial charge in [-0.15, -0.1) is 0 Å². The smallest absolute Gasteiger partial charge is 0.243 e. The van der Waals surface area contributed by atoms with E-state index in [1.54, 1.807) is 20.8 Å². The van der Waals surface area contributed by atoms with E-state index in [0.717, 1.165) is 5.56 Å². The van der Waals surface area contributed by atoms with E-state index >= 15 is 0 Å². The van der Waals surface area contributed by atoms with Gasteiger partial charge in [0.2, 0.25) is 23.6 Å². The molecule has 0 aromatic heterocycles. The first-order valence-corrected chi connectivity index (χ1v) is 12.4. The maximum Gasteiger partial charge on any atom is 0.243 e. The Labute approximate surface area is 207 Å². The fourth-order valence-corrected chi connectivity index (χ4v) is 4.01. The Bertz CT molecular complexity index is 889. The average Bonchev–Trinajstić information content (AvgIpc) is 2.82. The molecule has 1 heterocycles. The van der Waals surface area contributed by atoms with Gasteiger partial charge in [0.25, 0.3) is 0 Å². The van der Waals surface area contributed by atoms with Gasteiger partial charge in [-0.2, -0.15) is 0 Å². The van der Waals surface area contributed by atoms with Gasteiger partial charge in [0, 0.05) is 12.3 Å². The molecule has 1 aromatic carbocycles. The van der Waals surface area contributed by atoms with Gasteiger partial charge in [-0.05, 0) is 24.3 Å². The van der Waals surface area contributed by atoms with Gasteiger partial charge in [0.05, 0.1) is 6.10 Å². The first-order valence-electron chi connectivity index (χ1n) is 12.4. The third-order valence-electron chi connectivity index (χ3n) is 6.82. The number of hydrogen-bond acceptors (Lipinski definition) is 5. The van der Waals surface area contributed by atoms with E-state index in [0.29, 0.717) is 6.42 Å². The molecular formula is C26H40N4O5. The molecule has 9 nitrogen and oxygen atoms in total. The fourth-order valence-electron chi connectivity index (χ4n) is 4.01. The van der Waals surface area contributed by atoms with E-state index in [4.69, 9.17) is 0 Å². The maximum atomic E-state index is 13.4. The molecule has 0 aliphatic carbocycles. The molecule has 2 rings (SSSR count). The lowest BCUT2D eigenvalue weighted by Gasteiger charge is -2.34. The predicted molar refractivity (Wildman–Crippen MR) is 133 cm³/mol. The van der Waals surface area contributed by atoms with Crippen LogP contribution >= 0.6 is 0 Å². The second-order valence-corrected chi connectivity index (χ2v) is 9.94. The third-order valence-corrected chi connectivity index (χ3v) is 6.82. The minimum absolute atomic E-state index is 0.200. The highest BCUT2D eigenvalue weighted by Gasteiger charge is 2.38. The molecule has 4 amide bonds. The summed E-state index contributed by atoms with van der Waals surface area (Å²) in [7, 11) is 0. The number of hydrogen-bond donors (Lipinski definition) is 5. The first-order chi connectivity index (χ1) is 16.5. The normalized spacial score (nSPS) is 26.9. The van der Waals surface area contributed by atoms with Crippen LogP contribution < -0.4 is 21.3 Å². The number of nitrogens with one attached hydrogen (secondary N) is 4. The number of carbonyl (C=O) groups is 4. The molecular weight excluding hydrogens is 448 g/mol. The van der Waals surface area contributed by atoms with Crippen molar-refractivity contribution in [2.75, 3.05) is 0 Å². The molecule has 1 aromatic rings. The van der Waals surface area contributed by atoms with E-state index in [9.17, 15) is 24.3 Å². The van der Waals surface area contributed by atoms with Crippen molar-refractivity contribution in [3.8, 4) is 0 Å². The van der Waals surface area contributed by atoms with Crippen LogP contribution in [0.2, 0.25) is 0 Å². The number of carbonyl (C=O) groups excluding carboxylic acids is 4. The number of aliphatic hydroxyl groups is 1. The third kappa shape index (κ3) is 7.52. The number of rotatable bonds is 7. The van der Waals surface area contributed by atoms with Gasteiger partial charge >= 0.3 is 0 Å². The zero-order valence-corrected chi connectivity index (χ0v) is 21.5. The Morgan fingerprint density at radius 1 is 0.743 bits per heavy atom. The minimum atomic E-state index is -1.10. The summed E-state index contributed by atoms with van der Waals surface area (Å²) in [6, 6.07) is 5.35. The van der Waals surface area contributed by atoms with E-state index in [2.05, 4.69) is 21.3 Å². The van der Waals surface area contributed by atoms with Crippen molar-refractivity contribution < 1.29 is 24.3 Å². The summed E-state index contributed by atoms with van der Waals surface area (Å²) in [4.78, 5) is 53.2. The summed E-state index contributed by atoms with van der Waals surface area (Å²) in [5.74, 6) is -3.14. The van der Waals surface area contributed by atoms with Crippen LogP contribution in [0.4, 0.5) is 0 Å². The summed E-state index contributed by atoms with van der Waals surface area (Å²) in [6.07, 6.45) is -0.0751. The monoisotopic (exact) mass is 488 g/mol. The lowest BCUT2D eigenvalue weighted by Crippen LogP contribution is -2.64. The van der Waals surface area contributed by atoms with Crippen LogP contribution in [0.5, 0.6) is 0 Å². The molecule has 1 aliphatic heterocycles. The molecule has 1 aliphatic rings. The summed E-state index contributed by atoms with van der Waals surface area (Å²) in [5, 5.41) is 21.3. The van der Waals surface area contributed by atoms with Crippen molar-refractivity contribution in [3.05, 3.63) is 35.9 Å². The van der Waals surface area contributed by atoms with Crippen LogP contribution in [0.15, 0.2) is 30.3 Å². The van der Waals surface area contributed by atoms with Crippen molar-refractivity contribution >= 4 is 23.6 Å². The molecule has 5 N–H and O–H groups in total. The minimum Gasteiger partial charge on any atom is -0.393 e. The van der Waals surface area contributed by atoms with Crippen LogP contribution in [0, 0.1) is 17.8 Å². The molecule has 0 saturated carbocycles.